The van der Waals surface area contributed by atoms with Gasteiger partial charge in [-0.25, -0.2) is 4.39 Å². The second-order valence-electron chi connectivity index (χ2n) is 4.03. The van der Waals surface area contributed by atoms with Gasteiger partial charge in [0.05, 0.1) is 17.3 Å². The molecule has 6 heteroatoms. The van der Waals surface area contributed by atoms with Crippen LogP contribution in [0.1, 0.15) is 0 Å². The van der Waals surface area contributed by atoms with Crippen LogP contribution in [0, 0.1) is 5.82 Å². The fraction of sp³-hybridized carbons (Fsp3) is 0.0714. The number of nitrogens with one attached hydrogen (secondary N) is 2. The third-order valence-corrected chi connectivity index (χ3v) is 3.34. The van der Waals surface area contributed by atoms with Gasteiger partial charge in [-0.2, -0.15) is 0 Å². The first kappa shape index (κ1) is 14.8. The fourth-order valence-corrected chi connectivity index (χ4v) is 2.05. The van der Waals surface area contributed by atoms with Crippen molar-refractivity contribution in [2.75, 3.05) is 17.2 Å². The van der Waals surface area contributed by atoms with E-state index in [0.29, 0.717) is 11.4 Å². The molecule has 0 aliphatic carbocycles. The van der Waals surface area contributed by atoms with Gasteiger partial charge in [-0.3, -0.25) is 4.79 Å². The van der Waals surface area contributed by atoms with Crippen molar-refractivity contribution in [1.82, 2.24) is 0 Å². The molecule has 3 nitrogen and oxygen atoms in total. The van der Waals surface area contributed by atoms with Gasteiger partial charge in [0, 0.05) is 10.2 Å². The van der Waals surface area contributed by atoms with Crippen molar-refractivity contribution in [3.05, 3.63) is 57.8 Å². The van der Waals surface area contributed by atoms with E-state index in [1.807, 2.05) is 12.1 Å². The number of amides is 1. The maximum absolute atomic E-state index is 12.9. The van der Waals surface area contributed by atoms with Crippen LogP contribution < -0.4 is 10.6 Å². The van der Waals surface area contributed by atoms with Crippen molar-refractivity contribution in [3.8, 4) is 0 Å². The molecule has 0 radical (unpaired) electrons. The number of halogens is 3. The number of rotatable bonds is 4. The lowest BCUT2D eigenvalue weighted by molar-refractivity contribution is -0.114. The zero-order chi connectivity index (χ0) is 14.5. The second kappa shape index (κ2) is 6.72. The van der Waals surface area contributed by atoms with Crippen LogP contribution in [0.15, 0.2) is 46.9 Å². The van der Waals surface area contributed by atoms with E-state index in [-0.39, 0.29) is 17.5 Å². The minimum atomic E-state index is -0.417. The van der Waals surface area contributed by atoms with Crippen molar-refractivity contribution < 1.29 is 9.18 Å². The summed E-state index contributed by atoms with van der Waals surface area (Å²) in [5, 5.41) is 5.82. The van der Waals surface area contributed by atoms with E-state index in [4.69, 9.17) is 11.6 Å². The van der Waals surface area contributed by atoms with E-state index in [1.165, 1.54) is 18.2 Å². The Hall–Kier alpha value is -1.59. The van der Waals surface area contributed by atoms with Crippen LogP contribution in [0.5, 0.6) is 0 Å². The Bertz CT molecular complexity index is 619. The van der Waals surface area contributed by atoms with Gasteiger partial charge in [-0.15, -0.1) is 0 Å². The second-order valence-corrected chi connectivity index (χ2v) is 5.36. The number of benzene rings is 2. The van der Waals surface area contributed by atoms with Gasteiger partial charge in [0.2, 0.25) is 5.91 Å². The van der Waals surface area contributed by atoms with Crippen LogP contribution >= 0.6 is 27.5 Å². The van der Waals surface area contributed by atoms with Crippen LogP contribution in [0.4, 0.5) is 15.8 Å². The third-order valence-electron chi connectivity index (χ3n) is 2.50. The molecule has 2 aromatic rings. The molecular formula is C14H11BrClFN2O. The van der Waals surface area contributed by atoms with E-state index in [0.717, 1.165) is 4.47 Å². The van der Waals surface area contributed by atoms with E-state index < -0.39 is 5.82 Å². The highest BCUT2D eigenvalue weighted by atomic mass is 79.9. The SMILES string of the molecule is O=C(CNc1ccc(F)cc1Cl)Nc1ccc(Br)cc1. The van der Waals surface area contributed by atoms with Gasteiger partial charge in [0.15, 0.2) is 0 Å². The van der Waals surface area contributed by atoms with Gasteiger partial charge in [-0.1, -0.05) is 27.5 Å². The fourth-order valence-electron chi connectivity index (χ4n) is 1.55. The molecule has 1 amide bonds. The van der Waals surface area contributed by atoms with Crippen LogP contribution in [0.25, 0.3) is 0 Å². The predicted molar refractivity (Wildman–Crippen MR) is 82.7 cm³/mol. The zero-order valence-electron chi connectivity index (χ0n) is 10.3. The van der Waals surface area contributed by atoms with Gasteiger partial charge in [0.25, 0.3) is 0 Å². The lowest BCUT2D eigenvalue weighted by atomic mass is 10.3. The van der Waals surface area contributed by atoms with Crippen LogP contribution in [-0.4, -0.2) is 12.5 Å². The number of hydrogen-bond acceptors (Lipinski definition) is 2. The number of carbonyl (C=O) groups excluding carboxylic acids is 1. The molecule has 0 fully saturated rings. The van der Waals surface area contributed by atoms with Crippen LogP contribution in [-0.2, 0) is 4.79 Å². The molecule has 0 spiro atoms. The minimum Gasteiger partial charge on any atom is -0.375 e. The molecule has 0 saturated heterocycles. The molecule has 0 atom stereocenters. The lowest BCUT2D eigenvalue weighted by Gasteiger charge is -2.09. The van der Waals surface area contributed by atoms with E-state index >= 15 is 0 Å². The average Bonchev–Trinajstić information content (AvgIpc) is 2.40. The molecule has 2 N–H and O–H groups in total. The molecular weight excluding hydrogens is 347 g/mol. The molecule has 0 saturated carbocycles. The topological polar surface area (TPSA) is 41.1 Å². The summed E-state index contributed by atoms with van der Waals surface area (Å²) < 4.78 is 13.8. The maximum Gasteiger partial charge on any atom is 0.243 e. The molecule has 0 bridgehead atoms. The smallest absolute Gasteiger partial charge is 0.243 e. The molecule has 2 aromatic carbocycles. The third kappa shape index (κ3) is 4.21. The summed E-state index contributed by atoms with van der Waals surface area (Å²) in [4.78, 5) is 11.7. The van der Waals surface area contributed by atoms with Crippen molar-refractivity contribution in [1.29, 1.82) is 0 Å². The standard InChI is InChI=1S/C14H11BrClFN2O/c15-9-1-4-11(5-2-9)19-14(20)8-18-13-6-3-10(17)7-12(13)16/h1-7,18H,8H2,(H,19,20). The Morgan fingerprint density at radius 3 is 2.55 bits per heavy atom. The summed E-state index contributed by atoms with van der Waals surface area (Å²) in [6.45, 7) is 0.0431. The molecule has 0 unspecified atom stereocenters. The largest absolute Gasteiger partial charge is 0.375 e. The Balaban J connectivity index is 1.90. The van der Waals surface area contributed by atoms with Gasteiger partial charge < -0.3 is 10.6 Å². The highest BCUT2D eigenvalue weighted by Crippen LogP contribution is 2.22. The van der Waals surface area contributed by atoms with Crippen molar-refractivity contribution >= 4 is 44.8 Å². The van der Waals surface area contributed by atoms with E-state index in [1.54, 1.807) is 12.1 Å². The summed E-state index contributed by atoms with van der Waals surface area (Å²) in [6.07, 6.45) is 0. The predicted octanol–water partition coefficient (Wildman–Crippen LogP) is 4.29. The Morgan fingerprint density at radius 1 is 1.20 bits per heavy atom. The maximum atomic E-state index is 12.9. The molecule has 104 valence electrons. The van der Waals surface area contributed by atoms with Gasteiger partial charge >= 0.3 is 0 Å². The van der Waals surface area contributed by atoms with Gasteiger partial charge in [-0.05, 0) is 42.5 Å². The Kier molecular flexibility index (Phi) is 4.98. The van der Waals surface area contributed by atoms with E-state index in [2.05, 4.69) is 26.6 Å². The first-order valence-corrected chi connectivity index (χ1v) is 6.96. The quantitative estimate of drug-likeness (QED) is 0.857. The summed E-state index contributed by atoms with van der Waals surface area (Å²) in [6, 6.07) is 11.2. The summed E-state index contributed by atoms with van der Waals surface area (Å²) in [5.41, 5.74) is 1.21. The number of anilines is 2. The molecule has 0 aliphatic rings. The number of hydrogen-bond donors (Lipinski definition) is 2. The van der Waals surface area contributed by atoms with Crippen LogP contribution in [0.3, 0.4) is 0 Å². The summed E-state index contributed by atoms with van der Waals surface area (Å²) in [7, 11) is 0. The van der Waals surface area contributed by atoms with E-state index in [9.17, 15) is 9.18 Å². The monoisotopic (exact) mass is 356 g/mol. The molecule has 0 aliphatic heterocycles. The lowest BCUT2D eigenvalue weighted by Crippen LogP contribution is -2.21. The Morgan fingerprint density at radius 2 is 1.90 bits per heavy atom. The molecule has 20 heavy (non-hydrogen) atoms. The minimum absolute atomic E-state index is 0.0431. The van der Waals surface area contributed by atoms with Crippen molar-refractivity contribution in [3.63, 3.8) is 0 Å². The number of carbonyl (C=O) groups is 1. The average molecular weight is 358 g/mol. The summed E-state index contributed by atoms with van der Waals surface area (Å²) >= 11 is 9.17. The first-order chi connectivity index (χ1) is 9.54. The zero-order valence-corrected chi connectivity index (χ0v) is 12.6. The Labute approximate surface area is 129 Å². The first-order valence-electron chi connectivity index (χ1n) is 5.79. The van der Waals surface area contributed by atoms with Crippen molar-refractivity contribution in [2.24, 2.45) is 0 Å². The normalized spacial score (nSPS) is 10.2. The summed E-state index contributed by atoms with van der Waals surface area (Å²) in [5.74, 6) is -0.632. The van der Waals surface area contributed by atoms with Gasteiger partial charge in [0.1, 0.15) is 5.82 Å². The molecule has 2 rings (SSSR count). The highest BCUT2D eigenvalue weighted by molar-refractivity contribution is 9.10. The van der Waals surface area contributed by atoms with Crippen molar-refractivity contribution in [2.45, 2.75) is 0 Å². The van der Waals surface area contributed by atoms with Crippen LogP contribution in [0.2, 0.25) is 5.02 Å². The molecule has 0 aromatic heterocycles. The highest BCUT2D eigenvalue weighted by Gasteiger charge is 2.05. The molecule has 0 heterocycles.